The molecule has 0 saturated carbocycles. The number of aryl methyl sites for hydroxylation is 1. The van der Waals surface area contributed by atoms with Gasteiger partial charge in [-0.15, -0.1) is 0 Å². The molecule has 1 heterocycles. The number of carbonyl (C=O) groups is 2. The number of nitrogens with zero attached hydrogens (tertiary/aromatic N) is 1. The fraction of sp³-hybridized carbons (Fsp3) is 0.529. The standard InChI is InChI=1S/C17H25N3O2/c1-3-13-7-5-9-15(11-13)19-17(22)20-10-6-8-14(12-20)16(21)18-4-2/h5,7,9,11,14H,3-4,6,8,10,12H2,1-2H3,(H,18,21)(H,19,22)/t14-/m0/s1. The van der Waals surface area contributed by atoms with Crippen molar-refractivity contribution in [3.8, 4) is 0 Å². The molecular formula is C17H25N3O2. The lowest BCUT2D eigenvalue weighted by Gasteiger charge is -2.32. The van der Waals surface area contributed by atoms with E-state index in [0.717, 1.165) is 24.9 Å². The maximum atomic E-state index is 12.4. The van der Waals surface area contributed by atoms with E-state index in [9.17, 15) is 9.59 Å². The third-order valence-corrected chi connectivity index (χ3v) is 4.02. The lowest BCUT2D eigenvalue weighted by Crippen LogP contribution is -2.46. The van der Waals surface area contributed by atoms with Gasteiger partial charge in [-0.1, -0.05) is 19.1 Å². The molecule has 22 heavy (non-hydrogen) atoms. The second kappa shape index (κ2) is 7.82. The molecule has 0 radical (unpaired) electrons. The average molecular weight is 303 g/mol. The van der Waals surface area contributed by atoms with Gasteiger partial charge in [-0.3, -0.25) is 4.79 Å². The second-order valence-electron chi connectivity index (χ2n) is 5.66. The number of hydrogen-bond donors (Lipinski definition) is 2. The van der Waals surface area contributed by atoms with Crippen LogP contribution in [0.4, 0.5) is 10.5 Å². The summed E-state index contributed by atoms with van der Waals surface area (Å²) in [5, 5.41) is 5.78. The first-order valence-electron chi connectivity index (χ1n) is 8.06. The van der Waals surface area contributed by atoms with Crippen molar-refractivity contribution < 1.29 is 9.59 Å². The number of hydrogen-bond acceptors (Lipinski definition) is 2. The van der Waals surface area contributed by atoms with E-state index >= 15 is 0 Å². The highest BCUT2D eigenvalue weighted by molar-refractivity contribution is 5.90. The Morgan fingerprint density at radius 1 is 1.32 bits per heavy atom. The van der Waals surface area contributed by atoms with Crippen molar-refractivity contribution in [1.82, 2.24) is 10.2 Å². The molecule has 1 aliphatic heterocycles. The average Bonchev–Trinajstić information content (AvgIpc) is 2.55. The van der Waals surface area contributed by atoms with Gasteiger partial charge in [0.05, 0.1) is 5.92 Å². The van der Waals surface area contributed by atoms with Gasteiger partial charge in [0.2, 0.25) is 5.91 Å². The molecule has 0 bridgehead atoms. The first kappa shape index (κ1) is 16.3. The molecule has 5 heteroatoms. The van der Waals surface area contributed by atoms with Crippen molar-refractivity contribution in [2.45, 2.75) is 33.1 Å². The molecule has 1 fully saturated rings. The molecule has 1 aromatic rings. The Morgan fingerprint density at radius 3 is 2.86 bits per heavy atom. The minimum atomic E-state index is -0.123. The Balaban J connectivity index is 1.95. The maximum Gasteiger partial charge on any atom is 0.321 e. The number of benzene rings is 1. The SMILES string of the molecule is CCNC(=O)[C@H]1CCCN(C(=O)Nc2cccc(CC)c2)C1. The fourth-order valence-corrected chi connectivity index (χ4v) is 2.77. The van der Waals surface area contributed by atoms with Gasteiger partial charge in [-0.25, -0.2) is 4.79 Å². The Hall–Kier alpha value is -2.04. The molecule has 1 aliphatic rings. The van der Waals surface area contributed by atoms with Crippen molar-refractivity contribution in [1.29, 1.82) is 0 Å². The summed E-state index contributed by atoms with van der Waals surface area (Å²) < 4.78 is 0. The number of urea groups is 1. The van der Waals surface area contributed by atoms with E-state index in [1.165, 1.54) is 5.56 Å². The summed E-state index contributed by atoms with van der Waals surface area (Å²) in [5.74, 6) is -0.0468. The smallest absolute Gasteiger partial charge is 0.321 e. The highest BCUT2D eigenvalue weighted by Crippen LogP contribution is 2.18. The van der Waals surface area contributed by atoms with Crippen LogP contribution in [0.2, 0.25) is 0 Å². The number of piperidine rings is 1. The molecule has 2 rings (SSSR count). The Morgan fingerprint density at radius 2 is 2.14 bits per heavy atom. The number of carbonyl (C=O) groups excluding carboxylic acids is 2. The predicted molar refractivity (Wildman–Crippen MR) is 87.8 cm³/mol. The van der Waals surface area contributed by atoms with E-state index in [1.807, 2.05) is 31.2 Å². The molecular weight excluding hydrogens is 278 g/mol. The van der Waals surface area contributed by atoms with Gasteiger partial charge >= 0.3 is 6.03 Å². The first-order chi connectivity index (χ1) is 10.6. The van der Waals surface area contributed by atoms with Crippen LogP contribution in [0.1, 0.15) is 32.3 Å². The highest BCUT2D eigenvalue weighted by Gasteiger charge is 2.28. The third kappa shape index (κ3) is 4.23. The largest absolute Gasteiger partial charge is 0.356 e. The normalized spacial score (nSPS) is 17.9. The minimum absolute atomic E-state index is 0.0491. The van der Waals surface area contributed by atoms with E-state index < -0.39 is 0 Å². The summed E-state index contributed by atoms with van der Waals surface area (Å²) in [4.78, 5) is 26.1. The topological polar surface area (TPSA) is 61.4 Å². The van der Waals surface area contributed by atoms with E-state index in [0.29, 0.717) is 19.6 Å². The molecule has 0 unspecified atom stereocenters. The second-order valence-corrected chi connectivity index (χ2v) is 5.66. The Bertz CT molecular complexity index is 530. The summed E-state index contributed by atoms with van der Waals surface area (Å²) >= 11 is 0. The zero-order valence-corrected chi connectivity index (χ0v) is 13.4. The number of anilines is 1. The minimum Gasteiger partial charge on any atom is -0.356 e. The van der Waals surface area contributed by atoms with Crippen LogP contribution in [0.15, 0.2) is 24.3 Å². The molecule has 0 aliphatic carbocycles. The summed E-state index contributed by atoms with van der Waals surface area (Å²) in [5.41, 5.74) is 2.00. The van der Waals surface area contributed by atoms with Gasteiger partial charge in [0.15, 0.2) is 0 Å². The van der Waals surface area contributed by atoms with Crippen molar-refractivity contribution in [2.24, 2.45) is 5.92 Å². The van der Waals surface area contributed by atoms with Crippen LogP contribution in [0, 0.1) is 5.92 Å². The summed E-state index contributed by atoms with van der Waals surface area (Å²) in [6.45, 7) is 5.82. The van der Waals surface area contributed by atoms with Crippen LogP contribution in [-0.4, -0.2) is 36.5 Å². The van der Waals surface area contributed by atoms with Gasteiger partial charge in [-0.05, 0) is 43.9 Å². The molecule has 3 amide bonds. The highest BCUT2D eigenvalue weighted by atomic mass is 16.2. The van der Waals surface area contributed by atoms with Crippen molar-refractivity contribution in [3.63, 3.8) is 0 Å². The first-order valence-corrected chi connectivity index (χ1v) is 8.06. The van der Waals surface area contributed by atoms with Crippen LogP contribution < -0.4 is 10.6 Å². The summed E-state index contributed by atoms with van der Waals surface area (Å²) in [6, 6.07) is 7.75. The Labute approximate surface area is 132 Å². The molecule has 5 nitrogen and oxygen atoms in total. The molecule has 1 atom stereocenters. The molecule has 120 valence electrons. The molecule has 0 spiro atoms. The lowest BCUT2D eigenvalue weighted by molar-refractivity contribution is -0.126. The van der Waals surface area contributed by atoms with E-state index in [2.05, 4.69) is 17.6 Å². The molecule has 0 aromatic heterocycles. The van der Waals surface area contributed by atoms with E-state index in [-0.39, 0.29) is 17.9 Å². The van der Waals surface area contributed by atoms with Gasteiger partial charge in [-0.2, -0.15) is 0 Å². The molecule has 1 saturated heterocycles. The predicted octanol–water partition coefficient (Wildman–Crippen LogP) is 2.63. The van der Waals surface area contributed by atoms with Crippen molar-refractivity contribution in [3.05, 3.63) is 29.8 Å². The number of amides is 3. The molecule has 2 N–H and O–H groups in total. The maximum absolute atomic E-state index is 12.4. The number of likely N-dealkylation sites (tertiary alicyclic amines) is 1. The van der Waals surface area contributed by atoms with Crippen LogP contribution in [0.3, 0.4) is 0 Å². The van der Waals surface area contributed by atoms with Crippen molar-refractivity contribution in [2.75, 3.05) is 25.0 Å². The zero-order chi connectivity index (χ0) is 15.9. The fourth-order valence-electron chi connectivity index (χ4n) is 2.77. The lowest BCUT2D eigenvalue weighted by atomic mass is 9.97. The van der Waals surface area contributed by atoms with Gasteiger partial charge in [0.25, 0.3) is 0 Å². The number of nitrogens with one attached hydrogen (secondary N) is 2. The molecule has 1 aromatic carbocycles. The third-order valence-electron chi connectivity index (χ3n) is 4.02. The zero-order valence-electron chi connectivity index (χ0n) is 13.4. The van der Waals surface area contributed by atoms with Crippen LogP contribution >= 0.6 is 0 Å². The van der Waals surface area contributed by atoms with Gasteiger partial charge < -0.3 is 15.5 Å². The summed E-state index contributed by atoms with van der Waals surface area (Å²) in [6.07, 6.45) is 2.65. The Kier molecular flexibility index (Phi) is 5.81. The van der Waals surface area contributed by atoms with Crippen LogP contribution in [0.25, 0.3) is 0 Å². The van der Waals surface area contributed by atoms with Gasteiger partial charge in [0, 0.05) is 25.3 Å². The summed E-state index contributed by atoms with van der Waals surface area (Å²) in [7, 11) is 0. The van der Waals surface area contributed by atoms with Gasteiger partial charge in [0.1, 0.15) is 0 Å². The van der Waals surface area contributed by atoms with Crippen molar-refractivity contribution >= 4 is 17.6 Å². The van der Waals surface area contributed by atoms with E-state index in [1.54, 1.807) is 4.90 Å². The monoisotopic (exact) mass is 303 g/mol. The van der Waals surface area contributed by atoms with Crippen LogP contribution in [0.5, 0.6) is 0 Å². The number of rotatable bonds is 4. The van der Waals surface area contributed by atoms with E-state index in [4.69, 9.17) is 0 Å². The van der Waals surface area contributed by atoms with Crippen LogP contribution in [-0.2, 0) is 11.2 Å². The quantitative estimate of drug-likeness (QED) is 0.898.